The van der Waals surface area contributed by atoms with Crippen molar-refractivity contribution in [3.05, 3.63) is 114 Å². The van der Waals surface area contributed by atoms with Crippen molar-refractivity contribution in [2.24, 2.45) is 0 Å². The summed E-state index contributed by atoms with van der Waals surface area (Å²) in [7, 11) is 0. The van der Waals surface area contributed by atoms with Crippen LogP contribution in [0.1, 0.15) is 11.1 Å². The van der Waals surface area contributed by atoms with Gasteiger partial charge in [0.2, 0.25) is 0 Å². The maximum Gasteiger partial charge on any atom is 0.276 e. The topological polar surface area (TPSA) is 91.0 Å². The number of hydrogen-bond acceptors (Lipinski definition) is 6. The van der Waals surface area contributed by atoms with Crippen LogP contribution < -0.4 is 20.3 Å². The predicted octanol–water partition coefficient (Wildman–Crippen LogP) is 4.55. The summed E-state index contributed by atoms with van der Waals surface area (Å²) in [4.78, 5) is 41.3. The van der Waals surface area contributed by atoms with Gasteiger partial charge in [0.1, 0.15) is 22.8 Å². The Balaban J connectivity index is 1.33. The molecule has 8 nitrogen and oxygen atoms in total. The molecular weight excluding hydrogens is 544 g/mol. The number of nitrogens with one attached hydrogen (secondary N) is 2. The Bertz CT molecular complexity index is 1600. The third kappa shape index (κ3) is 5.58. The van der Waals surface area contributed by atoms with E-state index in [4.69, 9.17) is 29.2 Å². The standard InChI is InChI=1S/C30H22N4O4S2/c1-2-16-33-28(37)25(31-29(33)39)18-20-10-8-19(9-11-20)17-24-26(35)32-30(40)34(27(24)36)21-12-14-23(15-13-21)38-22-6-4-3-5-7-22/h2-15,17-18H,1,16H2,(H,31,39)(H,32,35,40). The van der Waals surface area contributed by atoms with E-state index in [0.29, 0.717) is 40.1 Å². The first-order chi connectivity index (χ1) is 19.3. The maximum absolute atomic E-state index is 13.4. The van der Waals surface area contributed by atoms with Crippen LogP contribution in [0.5, 0.6) is 11.5 Å². The van der Waals surface area contributed by atoms with Gasteiger partial charge < -0.3 is 10.1 Å². The first-order valence-electron chi connectivity index (χ1n) is 12.1. The van der Waals surface area contributed by atoms with Crippen LogP contribution in [0, 0.1) is 0 Å². The molecule has 2 saturated heterocycles. The molecule has 3 aromatic carbocycles. The number of carbonyl (C=O) groups is 3. The minimum Gasteiger partial charge on any atom is -0.457 e. The van der Waals surface area contributed by atoms with Crippen molar-refractivity contribution < 1.29 is 19.1 Å². The van der Waals surface area contributed by atoms with Gasteiger partial charge in [0.05, 0.1) is 5.69 Å². The first kappa shape index (κ1) is 26.7. The zero-order valence-corrected chi connectivity index (χ0v) is 22.6. The van der Waals surface area contributed by atoms with E-state index in [2.05, 4.69) is 17.2 Å². The van der Waals surface area contributed by atoms with Gasteiger partial charge in [-0.25, -0.2) is 0 Å². The van der Waals surface area contributed by atoms with Crippen LogP contribution in [-0.2, 0) is 14.4 Å². The van der Waals surface area contributed by atoms with Crippen molar-refractivity contribution in [2.45, 2.75) is 0 Å². The van der Waals surface area contributed by atoms with Crippen LogP contribution in [0.15, 0.2) is 103 Å². The molecule has 0 spiro atoms. The molecule has 2 heterocycles. The van der Waals surface area contributed by atoms with Crippen molar-refractivity contribution in [1.82, 2.24) is 15.5 Å². The summed E-state index contributed by atoms with van der Waals surface area (Å²) in [6.45, 7) is 3.96. The third-order valence-corrected chi connectivity index (χ3v) is 6.62. The summed E-state index contributed by atoms with van der Waals surface area (Å²) in [5.41, 5.74) is 2.13. The summed E-state index contributed by atoms with van der Waals surface area (Å²) in [6.07, 6.45) is 4.78. The molecule has 0 bridgehead atoms. The van der Waals surface area contributed by atoms with Crippen LogP contribution >= 0.6 is 24.4 Å². The van der Waals surface area contributed by atoms with E-state index in [1.54, 1.807) is 60.7 Å². The molecule has 0 radical (unpaired) electrons. The largest absolute Gasteiger partial charge is 0.457 e. The normalized spacial score (nSPS) is 17.4. The molecule has 198 valence electrons. The number of carbonyl (C=O) groups excluding carboxylic acids is 3. The quantitative estimate of drug-likeness (QED) is 0.188. The Morgan fingerprint density at radius 3 is 2.02 bits per heavy atom. The molecular formula is C30H22N4O4S2. The maximum atomic E-state index is 13.4. The SMILES string of the molecule is C=CCN1C(=O)C(=Cc2ccc(C=C3C(=O)NC(=S)N(c4ccc(Oc5ccccc5)cc4)C3=O)cc2)NC1=S. The van der Waals surface area contributed by atoms with E-state index in [0.717, 1.165) is 5.56 Å². The van der Waals surface area contributed by atoms with Gasteiger partial charge in [-0.3, -0.25) is 29.5 Å². The van der Waals surface area contributed by atoms with Gasteiger partial charge >= 0.3 is 0 Å². The number of benzene rings is 3. The molecule has 2 aliphatic rings. The smallest absolute Gasteiger partial charge is 0.276 e. The molecule has 5 rings (SSSR count). The molecule has 2 fully saturated rings. The number of nitrogens with zero attached hydrogens (tertiary/aromatic N) is 2. The number of rotatable bonds is 7. The second-order valence-electron chi connectivity index (χ2n) is 8.73. The van der Waals surface area contributed by atoms with Crippen molar-refractivity contribution >= 4 is 70.2 Å². The lowest BCUT2D eigenvalue weighted by molar-refractivity contribution is -0.123. The predicted molar refractivity (Wildman–Crippen MR) is 161 cm³/mol. The number of thiocarbonyl (C=S) groups is 2. The monoisotopic (exact) mass is 566 g/mol. The highest BCUT2D eigenvalue weighted by Gasteiger charge is 2.34. The second-order valence-corrected chi connectivity index (χ2v) is 9.50. The molecule has 0 unspecified atom stereocenters. The number of anilines is 1. The van der Waals surface area contributed by atoms with E-state index in [1.165, 1.54) is 15.9 Å². The Labute approximate surface area is 241 Å². The zero-order valence-electron chi connectivity index (χ0n) is 21.0. The fourth-order valence-corrected chi connectivity index (χ4v) is 4.62. The van der Waals surface area contributed by atoms with Crippen molar-refractivity contribution in [1.29, 1.82) is 0 Å². The molecule has 0 saturated carbocycles. The number of hydrogen-bond donors (Lipinski definition) is 2. The van der Waals surface area contributed by atoms with Crippen molar-refractivity contribution in [3.8, 4) is 11.5 Å². The highest BCUT2D eigenvalue weighted by Crippen LogP contribution is 2.27. The fraction of sp³-hybridized carbons (Fsp3) is 0.0333. The Morgan fingerprint density at radius 1 is 0.750 bits per heavy atom. The third-order valence-electron chi connectivity index (χ3n) is 6.01. The average molecular weight is 567 g/mol. The van der Waals surface area contributed by atoms with Gasteiger partial charge in [-0.05, 0) is 84.1 Å². The minimum atomic E-state index is -0.585. The minimum absolute atomic E-state index is 0.0111. The first-order valence-corrected chi connectivity index (χ1v) is 13.0. The number of amides is 3. The summed E-state index contributed by atoms with van der Waals surface area (Å²) >= 11 is 10.5. The van der Waals surface area contributed by atoms with Gasteiger partial charge in [0.25, 0.3) is 17.7 Å². The Kier molecular flexibility index (Phi) is 7.63. The molecule has 0 atom stereocenters. The molecule has 2 N–H and O–H groups in total. The highest BCUT2D eigenvalue weighted by molar-refractivity contribution is 7.80. The van der Waals surface area contributed by atoms with Crippen LogP contribution in [-0.4, -0.2) is 39.4 Å². The molecule has 3 amide bonds. The van der Waals surface area contributed by atoms with E-state index in [9.17, 15) is 14.4 Å². The van der Waals surface area contributed by atoms with Crippen LogP contribution in [0.25, 0.3) is 12.2 Å². The highest BCUT2D eigenvalue weighted by atomic mass is 32.1. The van der Waals surface area contributed by atoms with Gasteiger partial charge in [-0.2, -0.15) is 0 Å². The molecule has 2 aliphatic heterocycles. The molecule has 0 aromatic heterocycles. The van der Waals surface area contributed by atoms with Crippen LogP contribution in [0.3, 0.4) is 0 Å². The fourth-order valence-electron chi connectivity index (χ4n) is 4.07. The number of ether oxygens (including phenoxy) is 1. The Hall–Kier alpha value is -4.93. The van der Waals surface area contributed by atoms with Crippen LogP contribution in [0.4, 0.5) is 5.69 Å². The second kappa shape index (κ2) is 11.4. The zero-order chi connectivity index (χ0) is 28.2. The van der Waals surface area contributed by atoms with Gasteiger partial charge in [-0.1, -0.05) is 48.5 Å². The summed E-state index contributed by atoms with van der Waals surface area (Å²) in [5, 5.41) is 5.80. The summed E-state index contributed by atoms with van der Waals surface area (Å²) in [6, 6.07) is 23.2. The van der Waals surface area contributed by atoms with Gasteiger partial charge in [0, 0.05) is 6.54 Å². The van der Waals surface area contributed by atoms with Crippen molar-refractivity contribution in [3.63, 3.8) is 0 Å². The van der Waals surface area contributed by atoms with E-state index in [-0.39, 0.29) is 16.6 Å². The van der Waals surface area contributed by atoms with Crippen molar-refractivity contribution in [2.75, 3.05) is 11.4 Å². The van der Waals surface area contributed by atoms with E-state index < -0.39 is 11.8 Å². The van der Waals surface area contributed by atoms with E-state index >= 15 is 0 Å². The summed E-state index contributed by atoms with van der Waals surface area (Å²) in [5.74, 6) is -0.101. The Morgan fingerprint density at radius 2 is 1.38 bits per heavy atom. The molecule has 10 heteroatoms. The van der Waals surface area contributed by atoms with E-state index in [1.807, 2.05) is 30.3 Å². The summed E-state index contributed by atoms with van der Waals surface area (Å²) < 4.78 is 5.81. The van der Waals surface area contributed by atoms with Gasteiger partial charge in [-0.15, -0.1) is 6.58 Å². The molecule has 0 aliphatic carbocycles. The lowest BCUT2D eigenvalue weighted by Crippen LogP contribution is -2.54. The van der Waals surface area contributed by atoms with Gasteiger partial charge in [0.15, 0.2) is 10.2 Å². The number of para-hydroxylation sites is 1. The average Bonchev–Trinajstić information content (AvgIpc) is 3.21. The lowest BCUT2D eigenvalue weighted by Gasteiger charge is -2.29. The lowest BCUT2D eigenvalue weighted by atomic mass is 10.0. The molecule has 3 aromatic rings. The molecule has 40 heavy (non-hydrogen) atoms. The van der Waals surface area contributed by atoms with Crippen LogP contribution in [0.2, 0.25) is 0 Å².